The van der Waals surface area contributed by atoms with E-state index >= 15 is 0 Å². The van der Waals surface area contributed by atoms with Gasteiger partial charge in [-0.1, -0.05) is 19.3 Å². The predicted octanol–water partition coefficient (Wildman–Crippen LogP) is 2.29. The van der Waals surface area contributed by atoms with Crippen LogP contribution in [0.25, 0.3) is 0 Å². The van der Waals surface area contributed by atoms with E-state index < -0.39 is 0 Å². The summed E-state index contributed by atoms with van der Waals surface area (Å²) >= 11 is 5.47. The molecule has 0 bridgehead atoms. The van der Waals surface area contributed by atoms with Crippen LogP contribution in [0.5, 0.6) is 0 Å². The Balaban J connectivity index is 2.60. The van der Waals surface area contributed by atoms with Gasteiger partial charge in [0.2, 0.25) is 0 Å². The molecule has 0 aliphatic heterocycles. The Labute approximate surface area is 111 Å². The Morgan fingerprint density at radius 2 is 1.88 bits per heavy atom. The van der Waals surface area contributed by atoms with Crippen molar-refractivity contribution in [3.63, 3.8) is 0 Å². The third-order valence-electron chi connectivity index (χ3n) is 3.10. The SMILES string of the molecule is CC(C)(C)NC(=S)N(CCO)C1CCCCC1. The van der Waals surface area contributed by atoms with Crippen molar-refractivity contribution < 1.29 is 5.11 Å². The van der Waals surface area contributed by atoms with Gasteiger partial charge in [-0.15, -0.1) is 0 Å². The van der Waals surface area contributed by atoms with Crippen LogP contribution in [-0.4, -0.2) is 39.9 Å². The predicted molar refractivity (Wildman–Crippen MR) is 76.2 cm³/mol. The fourth-order valence-electron chi connectivity index (χ4n) is 2.34. The molecule has 1 aliphatic rings. The molecule has 0 aromatic rings. The van der Waals surface area contributed by atoms with Crippen LogP contribution in [0.1, 0.15) is 52.9 Å². The molecule has 0 atom stereocenters. The zero-order chi connectivity index (χ0) is 12.9. The Morgan fingerprint density at radius 1 is 1.29 bits per heavy atom. The van der Waals surface area contributed by atoms with Crippen molar-refractivity contribution in [3.05, 3.63) is 0 Å². The average molecular weight is 258 g/mol. The summed E-state index contributed by atoms with van der Waals surface area (Å²) in [7, 11) is 0. The van der Waals surface area contributed by atoms with Crippen molar-refractivity contribution in [3.8, 4) is 0 Å². The first-order chi connectivity index (χ1) is 7.94. The van der Waals surface area contributed by atoms with Crippen LogP contribution in [0, 0.1) is 0 Å². The summed E-state index contributed by atoms with van der Waals surface area (Å²) in [6.45, 7) is 7.14. The lowest BCUT2D eigenvalue weighted by Gasteiger charge is -2.38. The summed E-state index contributed by atoms with van der Waals surface area (Å²) in [6.07, 6.45) is 6.30. The first-order valence-corrected chi connectivity index (χ1v) is 7.04. The summed E-state index contributed by atoms with van der Waals surface area (Å²) in [5.74, 6) is 0. The normalized spacial score (nSPS) is 17.9. The second-order valence-electron chi connectivity index (χ2n) is 5.89. The lowest BCUT2D eigenvalue weighted by atomic mass is 9.94. The fraction of sp³-hybridized carbons (Fsp3) is 0.923. The number of rotatable bonds is 3. The van der Waals surface area contributed by atoms with Gasteiger partial charge >= 0.3 is 0 Å². The molecule has 1 saturated carbocycles. The van der Waals surface area contributed by atoms with E-state index in [2.05, 4.69) is 31.0 Å². The number of thiocarbonyl (C=S) groups is 1. The molecular weight excluding hydrogens is 232 g/mol. The quantitative estimate of drug-likeness (QED) is 0.761. The molecule has 4 heteroatoms. The number of nitrogens with zero attached hydrogens (tertiary/aromatic N) is 1. The standard InChI is InChI=1S/C13H26N2OS/c1-13(2,3)14-12(17)15(9-10-16)11-7-5-4-6-8-11/h11,16H,4-10H2,1-3H3,(H,14,17). The molecule has 0 unspecified atom stereocenters. The Bertz CT molecular complexity index is 244. The zero-order valence-electron chi connectivity index (χ0n) is 11.3. The van der Waals surface area contributed by atoms with Crippen molar-refractivity contribution in [2.24, 2.45) is 0 Å². The van der Waals surface area contributed by atoms with Gasteiger partial charge < -0.3 is 15.3 Å². The molecule has 1 fully saturated rings. The van der Waals surface area contributed by atoms with Crippen molar-refractivity contribution in [2.45, 2.75) is 64.5 Å². The summed E-state index contributed by atoms with van der Waals surface area (Å²) in [4.78, 5) is 2.18. The fourth-order valence-corrected chi connectivity index (χ4v) is 2.89. The molecule has 17 heavy (non-hydrogen) atoms. The minimum atomic E-state index is -0.0144. The Morgan fingerprint density at radius 3 is 2.35 bits per heavy atom. The lowest BCUT2D eigenvalue weighted by Crippen LogP contribution is -2.53. The van der Waals surface area contributed by atoms with E-state index in [1.54, 1.807) is 0 Å². The molecule has 1 rings (SSSR count). The average Bonchev–Trinajstić information content (AvgIpc) is 2.24. The topological polar surface area (TPSA) is 35.5 Å². The highest BCUT2D eigenvalue weighted by Crippen LogP contribution is 2.22. The molecule has 0 saturated heterocycles. The highest BCUT2D eigenvalue weighted by atomic mass is 32.1. The van der Waals surface area contributed by atoms with Crippen molar-refractivity contribution in [1.29, 1.82) is 0 Å². The van der Waals surface area contributed by atoms with Crippen LogP contribution in [0.15, 0.2) is 0 Å². The molecule has 0 aromatic heterocycles. The summed E-state index contributed by atoms with van der Waals surface area (Å²) in [5, 5.41) is 13.3. The maximum Gasteiger partial charge on any atom is 0.169 e. The van der Waals surface area contributed by atoms with Crippen LogP contribution < -0.4 is 5.32 Å². The van der Waals surface area contributed by atoms with Crippen LogP contribution in [0.4, 0.5) is 0 Å². The maximum atomic E-state index is 9.19. The number of aliphatic hydroxyl groups is 1. The van der Waals surface area contributed by atoms with Gasteiger partial charge in [0.25, 0.3) is 0 Å². The second kappa shape index (κ2) is 6.55. The first kappa shape index (κ1) is 14.7. The van der Waals surface area contributed by atoms with E-state index in [4.69, 9.17) is 12.2 Å². The molecular formula is C13H26N2OS. The van der Waals surface area contributed by atoms with Gasteiger partial charge in [-0.25, -0.2) is 0 Å². The van der Waals surface area contributed by atoms with Gasteiger partial charge in [0.15, 0.2) is 5.11 Å². The molecule has 0 heterocycles. The number of hydrogen-bond donors (Lipinski definition) is 2. The van der Waals surface area contributed by atoms with Crippen LogP contribution in [0.3, 0.4) is 0 Å². The minimum Gasteiger partial charge on any atom is -0.395 e. The molecule has 1 aliphatic carbocycles. The third-order valence-corrected chi connectivity index (χ3v) is 3.44. The third kappa shape index (κ3) is 5.21. The van der Waals surface area contributed by atoms with Gasteiger partial charge in [-0.3, -0.25) is 0 Å². The van der Waals surface area contributed by atoms with E-state index in [9.17, 15) is 5.11 Å². The van der Waals surface area contributed by atoms with Gasteiger partial charge in [-0.05, 0) is 45.8 Å². The molecule has 0 amide bonds. The van der Waals surface area contributed by atoms with Gasteiger partial charge in [0.05, 0.1) is 6.61 Å². The maximum absolute atomic E-state index is 9.19. The van der Waals surface area contributed by atoms with Crippen LogP contribution in [-0.2, 0) is 0 Å². The van der Waals surface area contributed by atoms with Gasteiger partial charge in [0, 0.05) is 18.1 Å². The van der Waals surface area contributed by atoms with Crippen LogP contribution in [0.2, 0.25) is 0 Å². The smallest absolute Gasteiger partial charge is 0.169 e. The molecule has 0 radical (unpaired) electrons. The second-order valence-corrected chi connectivity index (χ2v) is 6.28. The summed E-state index contributed by atoms with van der Waals surface area (Å²) < 4.78 is 0. The van der Waals surface area contributed by atoms with Crippen molar-refractivity contribution in [2.75, 3.05) is 13.2 Å². The number of nitrogens with one attached hydrogen (secondary N) is 1. The molecule has 0 aromatic carbocycles. The van der Waals surface area contributed by atoms with Crippen molar-refractivity contribution in [1.82, 2.24) is 10.2 Å². The van der Waals surface area contributed by atoms with Crippen LogP contribution >= 0.6 is 12.2 Å². The Kier molecular flexibility index (Phi) is 5.67. The first-order valence-electron chi connectivity index (χ1n) is 6.63. The molecule has 3 nitrogen and oxygen atoms in total. The molecule has 0 spiro atoms. The Hall–Kier alpha value is -0.350. The monoisotopic (exact) mass is 258 g/mol. The van der Waals surface area contributed by atoms with E-state index in [0.29, 0.717) is 12.6 Å². The zero-order valence-corrected chi connectivity index (χ0v) is 12.1. The largest absolute Gasteiger partial charge is 0.395 e. The number of hydrogen-bond acceptors (Lipinski definition) is 2. The molecule has 2 N–H and O–H groups in total. The van der Waals surface area contributed by atoms with Crippen molar-refractivity contribution >= 4 is 17.3 Å². The summed E-state index contributed by atoms with van der Waals surface area (Å²) in [5.41, 5.74) is -0.0144. The van der Waals surface area contributed by atoms with E-state index in [1.165, 1.54) is 32.1 Å². The molecule has 100 valence electrons. The highest BCUT2D eigenvalue weighted by Gasteiger charge is 2.24. The van der Waals surface area contributed by atoms with Gasteiger partial charge in [-0.2, -0.15) is 0 Å². The van der Waals surface area contributed by atoms with Gasteiger partial charge in [0.1, 0.15) is 0 Å². The van der Waals surface area contributed by atoms with E-state index in [0.717, 1.165) is 5.11 Å². The number of aliphatic hydroxyl groups excluding tert-OH is 1. The lowest BCUT2D eigenvalue weighted by molar-refractivity contribution is 0.187. The highest BCUT2D eigenvalue weighted by molar-refractivity contribution is 7.80. The van der Waals surface area contributed by atoms with E-state index in [-0.39, 0.29) is 12.1 Å². The van der Waals surface area contributed by atoms with E-state index in [1.807, 2.05) is 0 Å². The minimum absolute atomic E-state index is 0.0144. The summed E-state index contributed by atoms with van der Waals surface area (Å²) in [6, 6.07) is 0.512.